The van der Waals surface area contributed by atoms with E-state index in [1.807, 2.05) is 54.1 Å². The SMILES string of the molecule is Cn1c(/C(C#N)=C(\O)C[NH+]2CCN(c3ccccc3O)CC2)nc2ccccc21. The van der Waals surface area contributed by atoms with E-state index < -0.39 is 0 Å². The van der Waals surface area contributed by atoms with Gasteiger partial charge in [-0.25, -0.2) is 4.98 Å². The summed E-state index contributed by atoms with van der Waals surface area (Å²) in [6, 6.07) is 17.2. The number of allylic oxidation sites excluding steroid dienone is 1. The number of imidazole rings is 1. The van der Waals surface area contributed by atoms with Crippen molar-refractivity contribution in [2.24, 2.45) is 7.05 Å². The van der Waals surface area contributed by atoms with E-state index in [1.165, 1.54) is 4.90 Å². The number of anilines is 1. The monoisotopic (exact) mass is 390 g/mol. The highest BCUT2D eigenvalue weighted by Crippen LogP contribution is 2.26. The van der Waals surface area contributed by atoms with Crippen molar-refractivity contribution in [3.05, 3.63) is 60.1 Å². The van der Waals surface area contributed by atoms with Gasteiger partial charge in [-0.15, -0.1) is 0 Å². The van der Waals surface area contributed by atoms with Crippen molar-refractivity contribution in [2.75, 3.05) is 37.6 Å². The van der Waals surface area contributed by atoms with E-state index in [2.05, 4.69) is 16.0 Å². The molecule has 0 atom stereocenters. The van der Waals surface area contributed by atoms with Gasteiger partial charge in [-0.3, -0.25) is 0 Å². The van der Waals surface area contributed by atoms with Gasteiger partial charge in [-0.2, -0.15) is 5.26 Å². The largest absolute Gasteiger partial charge is 0.506 e. The van der Waals surface area contributed by atoms with E-state index in [0.717, 1.165) is 42.9 Å². The average molecular weight is 390 g/mol. The Hall–Kier alpha value is -3.50. The Balaban J connectivity index is 1.50. The Morgan fingerprint density at radius 2 is 1.83 bits per heavy atom. The number of aliphatic hydroxyl groups excluding tert-OH is 1. The maximum absolute atomic E-state index is 10.7. The summed E-state index contributed by atoms with van der Waals surface area (Å²) in [5.41, 5.74) is 2.78. The first-order chi connectivity index (χ1) is 14.1. The summed E-state index contributed by atoms with van der Waals surface area (Å²) in [6.07, 6.45) is 0. The average Bonchev–Trinajstić information content (AvgIpc) is 3.06. The lowest BCUT2D eigenvalue weighted by Gasteiger charge is -2.33. The number of hydrogen-bond donors (Lipinski definition) is 3. The van der Waals surface area contributed by atoms with Gasteiger partial charge in [-0.1, -0.05) is 24.3 Å². The molecule has 0 spiro atoms. The fourth-order valence-corrected chi connectivity index (χ4v) is 3.91. The lowest BCUT2D eigenvalue weighted by molar-refractivity contribution is -0.897. The van der Waals surface area contributed by atoms with Crippen LogP contribution in [0.15, 0.2) is 54.3 Å². The Bertz CT molecular complexity index is 1100. The zero-order valence-corrected chi connectivity index (χ0v) is 16.3. The van der Waals surface area contributed by atoms with Gasteiger partial charge in [-0.05, 0) is 24.3 Å². The molecule has 0 amide bonds. The predicted molar refractivity (Wildman–Crippen MR) is 112 cm³/mol. The molecule has 2 heterocycles. The van der Waals surface area contributed by atoms with Gasteiger partial charge in [0.2, 0.25) is 0 Å². The summed E-state index contributed by atoms with van der Waals surface area (Å²) in [5, 5.41) is 30.5. The second-order valence-electron chi connectivity index (χ2n) is 7.32. The molecule has 0 bridgehead atoms. The summed E-state index contributed by atoms with van der Waals surface area (Å²) in [5.74, 6) is 0.836. The van der Waals surface area contributed by atoms with E-state index in [1.54, 1.807) is 6.07 Å². The molecule has 0 unspecified atom stereocenters. The first kappa shape index (κ1) is 18.8. The van der Waals surface area contributed by atoms with Crippen LogP contribution < -0.4 is 9.80 Å². The number of piperazine rings is 1. The first-order valence-electron chi connectivity index (χ1n) is 9.69. The van der Waals surface area contributed by atoms with Crippen molar-refractivity contribution in [3.8, 4) is 11.8 Å². The molecule has 1 aliphatic heterocycles. The van der Waals surface area contributed by atoms with Crippen molar-refractivity contribution >= 4 is 22.3 Å². The molecule has 148 valence electrons. The zero-order valence-electron chi connectivity index (χ0n) is 16.3. The number of quaternary nitrogens is 1. The van der Waals surface area contributed by atoms with E-state index >= 15 is 0 Å². The second kappa shape index (κ2) is 7.86. The van der Waals surface area contributed by atoms with Crippen LogP contribution in [-0.2, 0) is 7.05 Å². The lowest BCUT2D eigenvalue weighted by Crippen LogP contribution is -3.15. The molecular weight excluding hydrogens is 366 g/mol. The highest BCUT2D eigenvalue weighted by molar-refractivity contribution is 5.83. The molecule has 1 aliphatic rings. The number of fused-ring (bicyclic) bond motifs is 1. The van der Waals surface area contributed by atoms with E-state index in [-0.39, 0.29) is 17.1 Å². The maximum atomic E-state index is 10.7. The molecule has 7 heteroatoms. The Labute approximate surface area is 169 Å². The number of phenols is 1. The Morgan fingerprint density at radius 3 is 2.52 bits per heavy atom. The number of rotatable bonds is 4. The summed E-state index contributed by atoms with van der Waals surface area (Å²) >= 11 is 0. The van der Waals surface area contributed by atoms with E-state index in [0.29, 0.717) is 12.4 Å². The van der Waals surface area contributed by atoms with Gasteiger partial charge >= 0.3 is 0 Å². The lowest BCUT2D eigenvalue weighted by atomic mass is 10.2. The highest BCUT2D eigenvalue weighted by atomic mass is 16.3. The maximum Gasteiger partial charge on any atom is 0.169 e. The molecule has 1 aromatic heterocycles. The Morgan fingerprint density at radius 1 is 1.14 bits per heavy atom. The van der Waals surface area contributed by atoms with Gasteiger partial charge in [0.15, 0.2) is 11.6 Å². The fourth-order valence-electron chi connectivity index (χ4n) is 3.91. The van der Waals surface area contributed by atoms with Crippen molar-refractivity contribution in [3.63, 3.8) is 0 Å². The molecule has 0 aliphatic carbocycles. The van der Waals surface area contributed by atoms with E-state index in [9.17, 15) is 15.5 Å². The van der Waals surface area contributed by atoms with Gasteiger partial charge in [0.05, 0.1) is 42.9 Å². The van der Waals surface area contributed by atoms with Gasteiger partial charge < -0.3 is 24.6 Å². The number of aromatic nitrogens is 2. The number of para-hydroxylation sites is 4. The number of nitriles is 1. The van der Waals surface area contributed by atoms with Crippen LogP contribution in [0.25, 0.3) is 16.6 Å². The molecular formula is C22H24N5O2+. The van der Waals surface area contributed by atoms with Gasteiger partial charge in [0.1, 0.15) is 23.9 Å². The van der Waals surface area contributed by atoms with Crippen LogP contribution in [0, 0.1) is 11.3 Å². The number of phenolic OH excluding ortho intramolecular Hbond substituents is 1. The topological polar surface area (TPSA) is 89.8 Å². The number of aliphatic hydroxyl groups is 1. The third kappa shape index (κ3) is 3.62. The highest BCUT2D eigenvalue weighted by Gasteiger charge is 2.25. The van der Waals surface area contributed by atoms with Crippen LogP contribution in [-0.4, -0.2) is 52.5 Å². The third-order valence-corrected chi connectivity index (χ3v) is 5.52. The van der Waals surface area contributed by atoms with Crippen LogP contribution in [0.2, 0.25) is 0 Å². The van der Waals surface area contributed by atoms with E-state index in [4.69, 9.17) is 0 Å². The molecule has 4 rings (SSSR count). The zero-order chi connectivity index (χ0) is 20.4. The third-order valence-electron chi connectivity index (χ3n) is 5.52. The van der Waals surface area contributed by atoms with Crippen molar-refractivity contribution in [1.82, 2.24) is 9.55 Å². The molecule has 7 nitrogen and oxygen atoms in total. The molecule has 29 heavy (non-hydrogen) atoms. The molecule has 2 aromatic carbocycles. The minimum absolute atomic E-state index is 0.0666. The minimum atomic E-state index is 0.0666. The van der Waals surface area contributed by atoms with Gasteiger partial charge in [0, 0.05) is 7.05 Å². The number of aryl methyl sites for hydroxylation is 1. The number of aromatic hydroxyl groups is 1. The number of hydrogen-bond acceptors (Lipinski definition) is 5. The Kier molecular flexibility index (Phi) is 5.10. The number of benzene rings is 2. The normalized spacial score (nSPS) is 15.9. The molecule has 1 fully saturated rings. The van der Waals surface area contributed by atoms with Crippen LogP contribution >= 0.6 is 0 Å². The first-order valence-corrected chi connectivity index (χ1v) is 9.69. The molecule has 3 N–H and O–H groups in total. The van der Waals surface area contributed by atoms with Gasteiger partial charge in [0.25, 0.3) is 0 Å². The predicted octanol–water partition coefficient (Wildman–Crippen LogP) is 1.48. The minimum Gasteiger partial charge on any atom is -0.506 e. The van der Waals surface area contributed by atoms with Crippen molar-refractivity contribution < 1.29 is 15.1 Å². The fraction of sp³-hybridized carbons (Fsp3) is 0.273. The van der Waals surface area contributed by atoms with Crippen LogP contribution in [0.3, 0.4) is 0 Å². The molecule has 1 saturated heterocycles. The quantitative estimate of drug-likeness (QED) is 0.464. The molecule has 0 saturated carbocycles. The standard InChI is InChI=1S/C22H23N5O2/c1-25-18-7-3-2-6-17(18)24-22(25)16(14-23)21(29)15-26-10-12-27(13-11-26)19-8-4-5-9-20(19)28/h2-9,28-29H,10-13,15H2,1H3/p+1/b21-16-. The summed E-state index contributed by atoms with van der Waals surface area (Å²) in [7, 11) is 1.85. The summed E-state index contributed by atoms with van der Waals surface area (Å²) < 4.78 is 1.84. The summed E-state index contributed by atoms with van der Waals surface area (Å²) in [4.78, 5) is 7.88. The van der Waals surface area contributed by atoms with Crippen LogP contribution in [0.5, 0.6) is 5.75 Å². The van der Waals surface area contributed by atoms with Crippen LogP contribution in [0.1, 0.15) is 5.82 Å². The molecule has 3 aromatic rings. The van der Waals surface area contributed by atoms with Crippen LogP contribution in [0.4, 0.5) is 5.69 Å². The van der Waals surface area contributed by atoms with Crippen molar-refractivity contribution in [2.45, 2.75) is 0 Å². The number of nitrogens with zero attached hydrogens (tertiary/aromatic N) is 4. The smallest absolute Gasteiger partial charge is 0.169 e. The number of nitrogens with one attached hydrogen (secondary N) is 1. The second-order valence-corrected chi connectivity index (χ2v) is 7.32. The molecule has 0 radical (unpaired) electrons. The summed E-state index contributed by atoms with van der Waals surface area (Å²) in [6.45, 7) is 3.53. The van der Waals surface area contributed by atoms with Crippen molar-refractivity contribution in [1.29, 1.82) is 5.26 Å².